The highest BCUT2D eigenvalue weighted by Gasteiger charge is 2.33. The lowest BCUT2D eigenvalue weighted by atomic mass is 10.1. The molecule has 0 aromatic carbocycles. The third kappa shape index (κ3) is 2.72. The molecule has 0 saturated carbocycles. The molecule has 3 rings (SSSR count). The fraction of sp³-hybridized carbons (Fsp3) is 1.00. The van der Waals surface area contributed by atoms with Crippen LogP contribution >= 0.6 is 0 Å². The molecule has 0 radical (unpaired) electrons. The summed E-state index contributed by atoms with van der Waals surface area (Å²) in [7, 11) is 0. The number of fused-ring (bicyclic) bond motifs is 1. The van der Waals surface area contributed by atoms with Crippen LogP contribution in [-0.4, -0.2) is 73.9 Å². The second kappa shape index (κ2) is 5.87. The van der Waals surface area contributed by atoms with Crippen LogP contribution in [0.15, 0.2) is 0 Å². The van der Waals surface area contributed by atoms with Gasteiger partial charge in [-0.2, -0.15) is 0 Å². The van der Waals surface area contributed by atoms with E-state index in [0.29, 0.717) is 12.1 Å². The normalized spacial score (nSPS) is 37.2. The Balaban J connectivity index is 1.59. The van der Waals surface area contributed by atoms with Crippen LogP contribution < -0.4 is 5.32 Å². The molecule has 0 spiro atoms. The van der Waals surface area contributed by atoms with Gasteiger partial charge in [-0.25, -0.2) is 0 Å². The third-order valence-corrected chi connectivity index (χ3v) is 4.91. The zero-order valence-corrected chi connectivity index (χ0v) is 11.6. The molecular weight excluding hydrogens is 226 g/mol. The molecule has 18 heavy (non-hydrogen) atoms. The largest absolute Gasteiger partial charge is 0.374 e. The molecule has 0 aliphatic carbocycles. The maximum absolute atomic E-state index is 5.93. The van der Waals surface area contributed by atoms with Crippen LogP contribution in [0.25, 0.3) is 0 Å². The first-order chi connectivity index (χ1) is 8.84. The van der Waals surface area contributed by atoms with Crippen molar-refractivity contribution in [2.75, 3.05) is 45.9 Å². The molecule has 0 aromatic heterocycles. The maximum atomic E-state index is 5.93. The van der Waals surface area contributed by atoms with Crippen molar-refractivity contribution in [3.63, 3.8) is 0 Å². The summed E-state index contributed by atoms with van der Waals surface area (Å²) in [5.74, 6) is 0. The second-order valence-electron chi connectivity index (χ2n) is 6.03. The van der Waals surface area contributed by atoms with Crippen molar-refractivity contribution in [1.82, 2.24) is 15.1 Å². The van der Waals surface area contributed by atoms with Crippen LogP contribution in [0.2, 0.25) is 0 Å². The van der Waals surface area contributed by atoms with Crippen LogP contribution in [0.4, 0.5) is 0 Å². The Bertz CT molecular complexity index is 268. The van der Waals surface area contributed by atoms with Crippen molar-refractivity contribution in [3.8, 4) is 0 Å². The SMILES string of the molecule is CC(C1CNCCO1)N1CCCN2CCCC2C1. The summed E-state index contributed by atoms with van der Waals surface area (Å²) in [6.45, 7) is 10.4. The fourth-order valence-corrected chi connectivity index (χ4v) is 3.74. The first-order valence-electron chi connectivity index (χ1n) is 7.65. The first kappa shape index (κ1) is 12.9. The predicted octanol–water partition coefficient (Wildman–Crippen LogP) is 0.533. The van der Waals surface area contributed by atoms with Gasteiger partial charge in [0, 0.05) is 31.7 Å². The van der Waals surface area contributed by atoms with E-state index < -0.39 is 0 Å². The Labute approximate surface area is 111 Å². The minimum atomic E-state index is 0.381. The van der Waals surface area contributed by atoms with E-state index in [1.54, 1.807) is 0 Å². The van der Waals surface area contributed by atoms with E-state index in [-0.39, 0.29) is 0 Å². The minimum Gasteiger partial charge on any atom is -0.374 e. The third-order valence-electron chi connectivity index (χ3n) is 4.91. The highest BCUT2D eigenvalue weighted by molar-refractivity contribution is 4.89. The van der Waals surface area contributed by atoms with Gasteiger partial charge in [-0.05, 0) is 45.8 Å². The molecule has 3 heterocycles. The van der Waals surface area contributed by atoms with Gasteiger partial charge in [0.2, 0.25) is 0 Å². The molecule has 3 unspecified atom stereocenters. The summed E-state index contributed by atoms with van der Waals surface area (Å²) in [5.41, 5.74) is 0. The van der Waals surface area contributed by atoms with E-state index in [0.717, 1.165) is 25.7 Å². The van der Waals surface area contributed by atoms with Crippen LogP contribution in [0.5, 0.6) is 0 Å². The molecule has 3 aliphatic rings. The fourth-order valence-electron chi connectivity index (χ4n) is 3.74. The molecule has 3 saturated heterocycles. The van der Waals surface area contributed by atoms with Crippen molar-refractivity contribution in [2.24, 2.45) is 0 Å². The molecule has 104 valence electrons. The van der Waals surface area contributed by atoms with Gasteiger partial charge in [-0.1, -0.05) is 0 Å². The monoisotopic (exact) mass is 253 g/mol. The summed E-state index contributed by atoms with van der Waals surface area (Å²) in [4.78, 5) is 5.38. The Morgan fingerprint density at radius 1 is 1.22 bits per heavy atom. The lowest BCUT2D eigenvalue weighted by Gasteiger charge is -2.37. The zero-order chi connectivity index (χ0) is 12.4. The standard InChI is InChI=1S/C14H27N3O/c1-12(14-10-15-5-9-18-14)17-8-3-7-16-6-2-4-13(16)11-17/h12-15H,2-11H2,1H3. The summed E-state index contributed by atoms with van der Waals surface area (Å²) >= 11 is 0. The summed E-state index contributed by atoms with van der Waals surface area (Å²) in [6.07, 6.45) is 4.49. The number of hydrogen-bond acceptors (Lipinski definition) is 4. The molecule has 3 atom stereocenters. The molecule has 4 nitrogen and oxygen atoms in total. The number of rotatable bonds is 2. The Morgan fingerprint density at radius 2 is 2.11 bits per heavy atom. The second-order valence-corrected chi connectivity index (χ2v) is 6.03. The van der Waals surface area contributed by atoms with Crippen molar-refractivity contribution in [1.29, 1.82) is 0 Å². The van der Waals surface area contributed by atoms with Crippen LogP contribution in [0, 0.1) is 0 Å². The number of nitrogens with one attached hydrogen (secondary N) is 1. The summed E-state index contributed by atoms with van der Waals surface area (Å²) in [6, 6.07) is 1.37. The van der Waals surface area contributed by atoms with E-state index in [2.05, 4.69) is 22.0 Å². The average Bonchev–Trinajstić information content (AvgIpc) is 2.76. The number of ether oxygens (including phenoxy) is 1. The van der Waals surface area contributed by atoms with Crippen molar-refractivity contribution in [3.05, 3.63) is 0 Å². The van der Waals surface area contributed by atoms with E-state index in [9.17, 15) is 0 Å². The van der Waals surface area contributed by atoms with Gasteiger partial charge in [0.15, 0.2) is 0 Å². The van der Waals surface area contributed by atoms with E-state index >= 15 is 0 Å². The van der Waals surface area contributed by atoms with Gasteiger partial charge in [0.05, 0.1) is 12.7 Å². The molecule has 3 aliphatic heterocycles. The van der Waals surface area contributed by atoms with Crippen LogP contribution in [0.1, 0.15) is 26.2 Å². The smallest absolute Gasteiger partial charge is 0.0852 e. The Kier molecular flexibility index (Phi) is 4.19. The number of nitrogens with zero attached hydrogens (tertiary/aromatic N) is 2. The molecule has 3 fully saturated rings. The van der Waals surface area contributed by atoms with Crippen LogP contribution in [-0.2, 0) is 4.74 Å². The van der Waals surface area contributed by atoms with Gasteiger partial charge in [0.25, 0.3) is 0 Å². The molecule has 0 aromatic rings. The Morgan fingerprint density at radius 3 is 2.94 bits per heavy atom. The first-order valence-corrected chi connectivity index (χ1v) is 7.65. The zero-order valence-electron chi connectivity index (χ0n) is 11.6. The van der Waals surface area contributed by atoms with Gasteiger partial charge in [-0.15, -0.1) is 0 Å². The van der Waals surface area contributed by atoms with Crippen molar-refractivity contribution >= 4 is 0 Å². The lowest BCUT2D eigenvalue weighted by Crippen LogP contribution is -2.52. The predicted molar refractivity (Wildman–Crippen MR) is 72.9 cm³/mol. The maximum Gasteiger partial charge on any atom is 0.0852 e. The molecule has 1 N–H and O–H groups in total. The number of morpholine rings is 1. The van der Waals surface area contributed by atoms with E-state index in [4.69, 9.17) is 4.74 Å². The van der Waals surface area contributed by atoms with Crippen molar-refractivity contribution in [2.45, 2.75) is 44.4 Å². The van der Waals surface area contributed by atoms with E-state index in [1.165, 1.54) is 45.4 Å². The minimum absolute atomic E-state index is 0.381. The van der Waals surface area contributed by atoms with Gasteiger partial charge >= 0.3 is 0 Å². The topological polar surface area (TPSA) is 27.7 Å². The van der Waals surface area contributed by atoms with Crippen LogP contribution in [0.3, 0.4) is 0 Å². The summed E-state index contributed by atoms with van der Waals surface area (Å²) < 4.78 is 5.93. The van der Waals surface area contributed by atoms with Gasteiger partial charge < -0.3 is 10.1 Å². The van der Waals surface area contributed by atoms with Crippen molar-refractivity contribution < 1.29 is 4.74 Å². The molecular formula is C14H27N3O. The lowest BCUT2D eigenvalue weighted by molar-refractivity contribution is -0.0272. The molecule has 0 bridgehead atoms. The quantitative estimate of drug-likeness (QED) is 0.777. The Hall–Kier alpha value is -0.160. The van der Waals surface area contributed by atoms with Gasteiger partial charge in [-0.3, -0.25) is 9.80 Å². The summed E-state index contributed by atoms with van der Waals surface area (Å²) in [5, 5.41) is 3.45. The highest BCUT2D eigenvalue weighted by Crippen LogP contribution is 2.23. The van der Waals surface area contributed by atoms with E-state index in [1.807, 2.05) is 0 Å². The molecule has 0 amide bonds. The average molecular weight is 253 g/mol. The highest BCUT2D eigenvalue weighted by atomic mass is 16.5. The molecule has 4 heteroatoms. The van der Waals surface area contributed by atoms with Gasteiger partial charge in [0.1, 0.15) is 0 Å². The number of hydrogen-bond donors (Lipinski definition) is 1.